The molecule has 0 aliphatic heterocycles. The third-order valence-corrected chi connectivity index (χ3v) is 4.55. The Morgan fingerprint density at radius 3 is 2.68 bits per heavy atom. The van der Waals surface area contributed by atoms with Crippen molar-refractivity contribution in [2.24, 2.45) is 0 Å². The lowest BCUT2D eigenvalue weighted by Crippen LogP contribution is -2.11. The Labute approximate surface area is 149 Å². The fraction of sp³-hybridized carbons (Fsp3) is 0.158. The summed E-state index contributed by atoms with van der Waals surface area (Å²) < 4.78 is 5.65. The van der Waals surface area contributed by atoms with E-state index in [0.29, 0.717) is 22.9 Å². The molecule has 25 heavy (non-hydrogen) atoms. The van der Waals surface area contributed by atoms with Crippen LogP contribution >= 0.6 is 11.3 Å². The normalized spacial score (nSPS) is 11.5. The number of nitriles is 1. The molecule has 0 saturated carbocycles. The van der Waals surface area contributed by atoms with Crippen LogP contribution in [-0.4, -0.2) is 15.8 Å². The summed E-state index contributed by atoms with van der Waals surface area (Å²) in [6.07, 6.45) is 1.71. The number of hydrogen-bond acceptors (Lipinski definition) is 6. The van der Waals surface area contributed by atoms with Gasteiger partial charge in [-0.3, -0.25) is 9.78 Å². The molecule has 0 fully saturated rings. The van der Waals surface area contributed by atoms with E-state index in [9.17, 15) is 10.1 Å². The van der Waals surface area contributed by atoms with Crippen LogP contribution < -0.4 is 4.74 Å². The standard InChI is InChI=1S/C19H15N3O2S/c1-13-12-25-19(22-13)17(10-20)18(23)14-5-7-16(8-6-14)24-11-15-4-2-3-9-21-15/h2-9,12,17H,11H2,1H3. The van der Waals surface area contributed by atoms with Crippen LogP contribution in [0.2, 0.25) is 0 Å². The molecule has 3 rings (SSSR count). The molecule has 0 aliphatic rings. The molecule has 6 heteroatoms. The quantitative estimate of drug-likeness (QED) is 0.631. The largest absolute Gasteiger partial charge is 0.487 e. The molecule has 0 N–H and O–H groups in total. The fourth-order valence-electron chi connectivity index (χ4n) is 2.25. The third kappa shape index (κ3) is 4.08. The number of pyridine rings is 1. The minimum atomic E-state index is -0.876. The molecule has 0 amide bonds. The summed E-state index contributed by atoms with van der Waals surface area (Å²) in [5.41, 5.74) is 2.10. The Hall–Kier alpha value is -3.04. The van der Waals surface area contributed by atoms with Gasteiger partial charge in [-0.25, -0.2) is 4.98 Å². The molecular formula is C19H15N3O2S. The first-order valence-corrected chi connectivity index (χ1v) is 8.54. The molecule has 2 heterocycles. The van der Waals surface area contributed by atoms with Gasteiger partial charge in [0.25, 0.3) is 0 Å². The van der Waals surface area contributed by atoms with Gasteiger partial charge in [0.2, 0.25) is 0 Å². The van der Waals surface area contributed by atoms with Gasteiger partial charge in [0.15, 0.2) is 11.7 Å². The average Bonchev–Trinajstić information content (AvgIpc) is 3.08. The molecule has 0 spiro atoms. The van der Waals surface area contributed by atoms with Crippen LogP contribution in [0, 0.1) is 18.3 Å². The van der Waals surface area contributed by atoms with E-state index in [1.54, 1.807) is 30.5 Å². The predicted molar refractivity (Wildman–Crippen MR) is 94.5 cm³/mol. The molecule has 3 aromatic rings. The summed E-state index contributed by atoms with van der Waals surface area (Å²) in [5, 5.41) is 11.7. The lowest BCUT2D eigenvalue weighted by Gasteiger charge is -2.08. The molecule has 0 bridgehead atoms. The maximum atomic E-state index is 12.6. The van der Waals surface area contributed by atoms with Crippen molar-refractivity contribution in [3.05, 3.63) is 76.0 Å². The van der Waals surface area contributed by atoms with Gasteiger partial charge in [-0.05, 0) is 43.3 Å². The SMILES string of the molecule is Cc1csc(C(C#N)C(=O)c2ccc(OCc3ccccn3)cc2)n1. The van der Waals surface area contributed by atoms with Gasteiger partial charge in [0, 0.05) is 22.8 Å². The average molecular weight is 349 g/mol. The van der Waals surface area contributed by atoms with Crippen LogP contribution in [0.5, 0.6) is 5.75 Å². The summed E-state index contributed by atoms with van der Waals surface area (Å²) in [5.74, 6) is -0.493. The van der Waals surface area contributed by atoms with E-state index in [1.807, 2.05) is 30.5 Å². The van der Waals surface area contributed by atoms with Gasteiger partial charge < -0.3 is 4.74 Å². The smallest absolute Gasteiger partial charge is 0.186 e. The number of benzene rings is 1. The van der Waals surface area contributed by atoms with E-state index in [0.717, 1.165) is 11.4 Å². The predicted octanol–water partition coefficient (Wildman–Crippen LogP) is 3.92. The van der Waals surface area contributed by atoms with Gasteiger partial charge in [0.1, 0.15) is 17.4 Å². The van der Waals surface area contributed by atoms with Gasteiger partial charge in [0.05, 0.1) is 11.8 Å². The number of ketones is 1. The number of ether oxygens (including phenoxy) is 1. The third-order valence-electron chi connectivity index (χ3n) is 3.53. The van der Waals surface area contributed by atoms with Crippen LogP contribution in [0.4, 0.5) is 0 Å². The number of nitrogens with zero attached hydrogens (tertiary/aromatic N) is 3. The van der Waals surface area contributed by atoms with Crippen molar-refractivity contribution in [3.8, 4) is 11.8 Å². The highest BCUT2D eigenvalue weighted by molar-refractivity contribution is 7.10. The molecule has 1 aromatic carbocycles. The van der Waals surface area contributed by atoms with Crippen LogP contribution in [0.3, 0.4) is 0 Å². The van der Waals surface area contributed by atoms with Gasteiger partial charge in [-0.2, -0.15) is 5.26 Å². The number of carbonyl (C=O) groups excluding carboxylic acids is 1. The van der Waals surface area contributed by atoms with Crippen molar-refractivity contribution in [3.63, 3.8) is 0 Å². The number of thiazole rings is 1. The van der Waals surface area contributed by atoms with E-state index in [2.05, 4.69) is 16.0 Å². The molecule has 0 aliphatic carbocycles. The first kappa shape index (κ1) is 16.8. The Kier molecular flexibility index (Phi) is 5.17. The maximum Gasteiger partial charge on any atom is 0.186 e. The lowest BCUT2D eigenvalue weighted by molar-refractivity contribution is 0.0978. The van der Waals surface area contributed by atoms with Crippen molar-refractivity contribution in [2.75, 3.05) is 0 Å². The van der Waals surface area contributed by atoms with E-state index in [1.165, 1.54) is 11.3 Å². The highest BCUT2D eigenvalue weighted by Crippen LogP contribution is 2.25. The van der Waals surface area contributed by atoms with E-state index < -0.39 is 5.92 Å². The number of aryl methyl sites for hydroxylation is 1. The van der Waals surface area contributed by atoms with Crippen molar-refractivity contribution in [1.29, 1.82) is 5.26 Å². The summed E-state index contributed by atoms with van der Waals surface area (Å²) in [7, 11) is 0. The minimum Gasteiger partial charge on any atom is -0.487 e. The second-order valence-electron chi connectivity index (χ2n) is 5.39. The number of rotatable bonds is 6. The molecule has 2 aromatic heterocycles. The van der Waals surface area contributed by atoms with Crippen molar-refractivity contribution < 1.29 is 9.53 Å². The summed E-state index contributed by atoms with van der Waals surface area (Å²) in [6, 6.07) is 14.5. The van der Waals surface area contributed by atoms with Crippen molar-refractivity contribution in [2.45, 2.75) is 19.4 Å². The van der Waals surface area contributed by atoms with Crippen LogP contribution in [0.25, 0.3) is 0 Å². The second kappa shape index (κ2) is 7.69. The number of hydrogen-bond donors (Lipinski definition) is 0. The minimum absolute atomic E-state index is 0.256. The van der Waals surface area contributed by atoms with Crippen molar-refractivity contribution in [1.82, 2.24) is 9.97 Å². The molecule has 0 radical (unpaired) electrons. The topological polar surface area (TPSA) is 75.9 Å². The first-order valence-electron chi connectivity index (χ1n) is 7.66. The molecule has 1 unspecified atom stereocenters. The fourth-order valence-corrected chi connectivity index (χ4v) is 3.09. The Balaban J connectivity index is 1.69. The molecule has 1 atom stereocenters. The zero-order chi connectivity index (χ0) is 17.6. The zero-order valence-electron chi connectivity index (χ0n) is 13.5. The zero-order valence-corrected chi connectivity index (χ0v) is 14.4. The molecular weight excluding hydrogens is 334 g/mol. The highest BCUT2D eigenvalue weighted by atomic mass is 32.1. The summed E-state index contributed by atoms with van der Waals surface area (Å²) in [6.45, 7) is 2.19. The van der Waals surface area contributed by atoms with E-state index in [-0.39, 0.29) is 5.78 Å². The molecule has 0 saturated heterocycles. The Bertz CT molecular complexity index is 898. The Morgan fingerprint density at radius 2 is 2.08 bits per heavy atom. The van der Waals surface area contributed by atoms with Gasteiger partial charge in [-0.1, -0.05) is 6.07 Å². The highest BCUT2D eigenvalue weighted by Gasteiger charge is 2.24. The second-order valence-corrected chi connectivity index (χ2v) is 6.28. The van der Waals surface area contributed by atoms with Crippen LogP contribution in [-0.2, 0) is 6.61 Å². The number of carbonyl (C=O) groups is 1. The van der Waals surface area contributed by atoms with Crippen LogP contribution in [0.1, 0.15) is 32.7 Å². The van der Waals surface area contributed by atoms with Gasteiger partial charge in [-0.15, -0.1) is 11.3 Å². The summed E-state index contributed by atoms with van der Waals surface area (Å²) >= 11 is 1.33. The van der Waals surface area contributed by atoms with E-state index in [4.69, 9.17) is 4.74 Å². The monoisotopic (exact) mass is 349 g/mol. The Morgan fingerprint density at radius 1 is 1.28 bits per heavy atom. The summed E-state index contributed by atoms with van der Waals surface area (Å²) in [4.78, 5) is 21.0. The number of Topliss-reactive ketones (excluding diaryl/α,β-unsaturated/α-hetero) is 1. The lowest BCUT2D eigenvalue weighted by atomic mass is 9.99. The van der Waals surface area contributed by atoms with Crippen molar-refractivity contribution >= 4 is 17.1 Å². The van der Waals surface area contributed by atoms with E-state index >= 15 is 0 Å². The number of aromatic nitrogens is 2. The first-order chi connectivity index (χ1) is 12.2. The molecule has 124 valence electrons. The maximum absolute atomic E-state index is 12.6. The van der Waals surface area contributed by atoms with Gasteiger partial charge >= 0.3 is 0 Å². The molecule has 5 nitrogen and oxygen atoms in total. The van der Waals surface area contributed by atoms with Crippen LogP contribution in [0.15, 0.2) is 54.0 Å².